The summed E-state index contributed by atoms with van der Waals surface area (Å²) in [6, 6.07) is 13.8. The van der Waals surface area contributed by atoms with Gasteiger partial charge in [0, 0.05) is 40.2 Å². The largest absolute Gasteiger partial charge is 0.421 e. The van der Waals surface area contributed by atoms with Gasteiger partial charge in [0.05, 0.1) is 22.5 Å². The van der Waals surface area contributed by atoms with Gasteiger partial charge in [-0.05, 0) is 72.7 Å². The Balaban J connectivity index is 1.52. The van der Waals surface area contributed by atoms with Gasteiger partial charge in [-0.1, -0.05) is 32.0 Å². The molecule has 8 nitrogen and oxygen atoms in total. The molecule has 0 fully saturated rings. The van der Waals surface area contributed by atoms with Crippen molar-refractivity contribution in [3.8, 4) is 21.9 Å². The quantitative estimate of drug-likeness (QED) is 0.146. The molecule has 0 radical (unpaired) electrons. The summed E-state index contributed by atoms with van der Waals surface area (Å²) < 4.78 is 47.8. The van der Waals surface area contributed by atoms with E-state index in [4.69, 9.17) is 15.1 Å². The van der Waals surface area contributed by atoms with Gasteiger partial charge in [0.2, 0.25) is 11.8 Å². The number of aryl methyl sites for hydroxylation is 3. The van der Waals surface area contributed by atoms with Crippen LogP contribution in [0.15, 0.2) is 65.2 Å². The third kappa shape index (κ3) is 6.87. The number of nitrogens with two attached hydrogens (primary N) is 1. The Morgan fingerprint density at radius 3 is 2.38 bits per heavy atom. The van der Waals surface area contributed by atoms with E-state index in [0.29, 0.717) is 63.9 Å². The number of primary amides is 1. The van der Waals surface area contributed by atoms with Crippen molar-refractivity contribution in [2.75, 3.05) is 5.32 Å². The maximum absolute atomic E-state index is 13.9. The van der Waals surface area contributed by atoms with Crippen LogP contribution < -0.4 is 11.1 Å². The lowest BCUT2D eigenvalue weighted by Gasteiger charge is -2.19. The Labute approximate surface area is 272 Å². The number of thiophene rings is 1. The van der Waals surface area contributed by atoms with Gasteiger partial charge in [-0.25, -0.2) is 18.2 Å². The fourth-order valence-corrected chi connectivity index (χ4v) is 6.63. The number of benzene rings is 2. The van der Waals surface area contributed by atoms with Crippen LogP contribution in [0.25, 0.3) is 32.0 Å². The highest BCUT2D eigenvalue weighted by Crippen LogP contribution is 2.44. The zero-order chi connectivity index (χ0) is 33.2. The van der Waals surface area contributed by atoms with Crippen molar-refractivity contribution in [2.45, 2.75) is 46.6 Å². The van der Waals surface area contributed by atoms with Crippen LogP contribution in [0.5, 0.6) is 0 Å². The second-order valence-corrected chi connectivity index (χ2v) is 12.7. The molecule has 6 rings (SSSR count). The van der Waals surface area contributed by atoms with Crippen LogP contribution in [0.1, 0.15) is 52.6 Å². The van der Waals surface area contributed by atoms with E-state index in [-0.39, 0.29) is 29.7 Å². The van der Waals surface area contributed by atoms with Crippen LogP contribution in [-0.4, -0.2) is 26.1 Å². The third-order valence-electron chi connectivity index (χ3n) is 7.63. The summed E-state index contributed by atoms with van der Waals surface area (Å²) in [5.74, 6) is -1.58. The first-order chi connectivity index (χ1) is 22.6. The normalized spacial score (nSPS) is 11.5. The first-order valence-corrected chi connectivity index (χ1v) is 15.9. The fraction of sp³-hybridized carbons (Fsp3) is 0.229. The Morgan fingerprint density at radius 2 is 1.70 bits per heavy atom. The first kappa shape index (κ1) is 31.9. The molecule has 0 spiro atoms. The van der Waals surface area contributed by atoms with Crippen molar-refractivity contribution in [1.29, 1.82) is 0 Å². The Kier molecular flexibility index (Phi) is 9.04. The van der Waals surface area contributed by atoms with Crippen LogP contribution in [0.2, 0.25) is 0 Å². The molecule has 0 bridgehead atoms. The molecule has 240 valence electrons. The van der Waals surface area contributed by atoms with Crippen molar-refractivity contribution in [2.24, 2.45) is 11.7 Å². The van der Waals surface area contributed by atoms with Crippen LogP contribution >= 0.6 is 11.3 Å². The van der Waals surface area contributed by atoms with E-state index < -0.39 is 17.5 Å². The summed E-state index contributed by atoms with van der Waals surface area (Å²) in [6.07, 6.45) is 3.12. The first-order valence-electron chi connectivity index (χ1n) is 15.0. The number of nitrogens with zero attached hydrogens (tertiary/aromatic N) is 4. The molecule has 0 aliphatic carbocycles. The molecule has 47 heavy (non-hydrogen) atoms. The van der Waals surface area contributed by atoms with E-state index in [1.165, 1.54) is 29.5 Å². The standard InChI is InChI=1S/C35H31F3N6O2S/c1-18(2)14-27-30(33(39)45)32(31(35-44-43-19(3)46-35)26(42-27)11-7-20-4-8-22(36)9-5-20)29-16-23-28(47-29)12-13-40-34(23)41-17-21-6-10-24(37)25(38)15-21/h4-6,8-10,12-13,15-16,18H,7,11,14,17H2,1-3H3,(H2,39,45)(H,40,41). The number of carbonyl (C=O) groups is 1. The molecule has 0 aliphatic heterocycles. The van der Waals surface area contributed by atoms with Gasteiger partial charge in [0.25, 0.3) is 5.91 Å². The molecular weight excluding hydrogens is 625 g/mol. The molecule has 0 saturated heterocycles. The van der Waals surface area contributed by atoms with Gasteiger partial charge < -0.3 is 15.5 Å². The average Bonchev–Trinajstić information content (AvgIpc) is 3.67. The molecule has 0 aliphatic rings. The topological polar surface area (TPSA) is 120 Å². The second-order valence-electron chi connectivity index (χ2n) is 11.6. The summed E-state index contributed by atoms with van der Waals surface area (Å²) in [5, 5.41) is 12.4. The van der Waals surface area contributed by atoms with Crippen molar-refractivity contribution in [3.05, 3.63) is 112 Å². The van der Waals surface area contributed by atoms with E-state index in [0.717, 1.165) is 27.8 Å². The molecule has 1 amide bonds. The highest BCUT2D eigenvalue weighted by molar-refractivity contribution is 7.22. The minimum absolute atomic E-state index is 0.161. The summed E-state index contributed by atoms with van der Waals surface area (Å²) in [7, 11) is 0. The number of halogens is 3. The Bertz CT molecular complexity index is 2090. The van der Waals surface area contributed by atoms with Gasteiger partial charge >= 0.3 is 0 Å². The SMILES string of the molecule is Cc1nnc(-c2c(CCc3ccc(F)cc3)nc(CC(C)C)c(C(N)=O)c2-c2cc3c(NCc4ccc(F)c(F)c4)nccc3s2)o1. The maximum atomic E-state index is 13.9. The molecule has 0 atom stereocenters. The summed E-state index contributed by atoms with van der Waals surface area (Å²) in [5.41, 5.74) is 10.1. The Hall–Kier alpha value is -5.10. The van der Waals surface area contributed by atoms with Crippen LogP contribution in [-0.2, 0) is 25.8 Å². The monoisotopic (exact) mass is 656 g/mol. The van der Waals surface area contributed by atoms with Crippen molar-refractivity contribution in [1.82, 2.24) is 20.2 Å². The van der Waals surface area contributed by atoms with Gasteiger partial charge in [-0.3, -0.25) is 9.78 Å². The lowest BCUT2D eigenvalue weighted by Crippen LogP contribution is -2.20. The molecule has 6 aromatic rings. The zero-order valence-electron chi connectivity index (χ0n) is 25.9. The molecule has 12 heteroatoms. The summed E-state index contributed by atoms with van der Waals surface area (Å²) in [6.45, 7) is 5.96. The van der Waals surface area contributed by atoms with E-state index >= 15 is 0 Å². The third-order valence-corrected chi connectivity index (χ3v) is 8.75. The van der Waals surface area contributed by atoms with Gasteiger partial charge in [-0.2, -0.15) is 0 Å². The van der Waals surface area contributed by atoms with Crippen molar-refractivity contribution < 1.29 is 22.4 Å². The number of pyridine rings is 2. The molecule has 4 aromatic heterocycles. The van der Waals surface area contributed by atoms with Crippen molar-refractivity contribution in [3.63, 3.8) is 0 Å². The fourth-order valence-electron chi connectivity index (χ4n) is 5.52. The molecule has 2 aromatic carbocycles. The van der Waals surface area contributed by atoms with Gasteiger partial charge in [-0.15, -0.1) is 21.5 Å². The van der Waals surface area contributed by atoms with E-state index in [2.05, 4.69) is 20.5 Å². The second kappa shape index (κ2) is 13.3. The minimum atomic E-state index is -0.929. The molecular formula is C35H31F3N6O2S. The van der Waals surface area contributed by atoms with E-state index in [1.54, 1.807) is 25.3 Å². The number of carbonyl (C=O) groups excluding carboxylic acids is 1. The maximum Gasteiger partial charge on any atom is 0.251 e. The van der Waals surface area contributed by atoms with Crippen molar-refractivity contribution >= 4 is 33.1 Å². The molecule has 0 unspecified atom stereocenters. The Morgan fingerprint density at radius 1 is 0.936 bits per heavy atom. The number of amides is 1. The highest BCUT2D eigenvalue weighted by Gasteiger charge is 2.29. The summed E-state index contributed by atoms with van der Waals surface area (Å²) in [4.78, 5) is 23.5. The highest BCUT2D eigenvalue weighted by atomic mass is 32.1. The number of hydrogen-bond donors (Lipinski definition) is 2. The van der Waals surface area contributed by atoms with E-state index in [9.17, 15) is 18.0 Å². The van der Waals surface area contributed by atoms with Crippen LogP contribution in [0.3, 0.4) is 0 Å². The van der Waals surface area contributed by atoms with Gasteiger partial charge in [0.15, 0.2) is 11.6 Å². The minimum Gasteiger partial charge on any atom is -0.421 e. The molecule has 0 saturated carbocycles. The number of nitrogens with one attached hydrogen (secondary N) is 1. The number of hydrogen-bond acceptors (Lipinski definition) is 8. The number of anilines is 1. The number of rotatable bonds is 11. The predicted molar refractivity (Wildman–Crippen MR) is 175 cm³/mol. The zero-order valence-corrected chi connectivity index (χ0v) is 26.7. The summed E-state index contributed by atoms with van der Waals surface area (Å²) >= 11 is 1.43. The van der Waals surface area contributed by atoms with E-state index in [1.807, 2.05) is 26.0 Å². The predicted octanol–water partition coefficient (Wildman–Crippen LogP) is 7.83. The lowest BCUT2D eigenvalue weighted by atomic mass is 9.91. The molecule has 4 heterocycles. The van der Waals surface area contributed by atoms with Crippen LogP contribution in [0.4, 0.5) is 19.0 Å². The number of fused-ring (bicyclic) bond motifs is 1. The van der Waals surface area contributed by atoms with Gasteiger partial charge in [0.1, 0.15) is 11.6 Å². The van der Waals surface area contributed by atoms with Crippen LogP contribution in [0, 0.1) is 30.3 Å². The average molecular weight is 657 g/mol. The number of aromatic nitrogens is 4. The molecule has 3 N–H and O–H groups in total. The lowest BCUT2D eigenvalue weighted by molar-refractivity contribution is 0.0999. The smallest absolute Gasteiger partial charge is 0.251 e.